The van der Waals surface area contributed by atoms with E-state index in [1.165, 1.54) is 0 Å². The van der Waals surface area contributed by atoms with Crippen molar-refractivity contribution in [1.29, 1.82) is 0 Å². The van der Waals surface area contributed by atoms with Crippen LogP contribution in [0.25, 0.3) is 0 Å². The van der Waals surface area contributed by atoms with Crippen LogP contribution in [0.2, 0.25) is 0 Å². The highest BCUT2D eigenvalue weighted by Gasteiger charge is 2.41. The van der Waals surface area contributed by atoms with E-state index < -0.39 is 11.5 Å². The van der Waals surface area contributed by atoms with Crippen LogP contribution < -0.4 is 5.32 Å². The van der Waals surface area contributed by atoms with Gasteiger partial charge in [0, 0.05) is 13.2 Å². The Bertz CT molecular complexity index is 516. The molecular weight excluding hydrogens is 258 g/mol. The van der Waals surface area contributed by atoms with Crippen LogP contribution in [0.5, 0.6) is 0 Å². The van der Waals surface area contributed by atoms with Crippen molar-refractivity contribution in [2.75, 3.05) is 0 Å². The number of nitrogens with zero attached hydrogens (tertiary/aromatic N) is 2. The maximum Gasteiger partial charge on any atom is 0.329 e. The van der Waals surface area contributed by atoms with Crippen molar-refractivity contribution in [3.63, 3.8) is 0 Å². The van der Waals surface area contributed by atoms with Crippen LogP contribution in [0, 0.1) is 0 Å². The maximum absolute atomic E-state index is 12.4. The van der Waals surface area contributed by atoms with E-state index in [4.69, 9.17) is 0 Å². The van der Waals surface area contributed by atoms with Crippen LogP contribution in [0.15, 0.2) is 6.20 Å². The third-order valence-electron chi connectivity index (χ3n) is 3.95. The number of carbonyl (C=O) groups excluding carboxylic acids is 1. The molecule has 0 atom stereocenters. The molecule has 110 valence electrons. The third kappa shape index (κ3) is 2.69. The molecule has 0 bridgehead atoms. The van der Waals surface area contributed by atoms with Crippen molar-refractivity contribution >= 4 is 11.9 Å². The van der Waals surface area contributed by atoms with Gasteiger partial charge in [-0.15, -0.1) is 0 Å². The number of amides is 1. The van der Waals surface area contributed by atoms with Crippen LogP contribution in [-0.2, 0) is 18.3 Å². The number of carboxylic acid groups (broad SMARTS) is 1. The van der Waals surface area contributed by atoms with Gasteiger partial charge in [-0.3, -0.25) is 9.48 Å². The lowest BCUT2D eigenvalue weighted by molar-refractivity contribution is -0.145. The van der Waals surface area contributed by atoms with Crippen molar-refractivity contribution in [2.24, 2.45) is 7.05 Å². The summed E-state index contributed by atoms with van der Waals surface area (Å²) in [5.74, 6) is -1.27. The predicted molar refractivity (Wildman–Crippen MR) is 73.5 cm³/mol. The number of rotatable bonds is 4. The maximum atomic E-state index is 12.4. The molecule has 20 heavy (non-hydrogen) atoms. The topological polar surface area (TPSA) is 84.2 Å². The smallest absolute Gasteiger partial charge is 0.329 e. The van der Waals surface area contributed by atoms with Gasteiger partial charge in [-0.1, -0.05) is 26.2 Å². The van der Waals surface area contributed by atoms with Crippen LogP contribution in [0.3, 0.4) is 0 Å². The molecule has 1 heterocycles. The van der Waals surface area contributed by atoms with Gasteiger partial charge in [-0.25, -0.2) is 4.79 Å². The van der Waals surface area contributed by atoms with Gasteiger partial charge in [0.2, 0.25) is 0 Å². The van der Waals surface area contributed by atoms with E-state index in [0.717, 1.165) is 19.3 Å². The minimum atomic E-state index is -1.11. The molecule has 0 saturated heterocycles. The highest BCUT2D eigenvalue weighted by atomic mass is 16.4. The zero-order valence-corrected chi connectivity index (χ0v) is 12.0. The third-order valence-corrected chi connectivity index (χ3v) is 3.95. The van der Waals surface area contributed by atoms with E-state index >= 15 is 0 Å². The molecule has 1 aromatic rings. The second-order valence-electron chi connectivity index (χ2n) is 5.42. The molecule has 1 amide bonds. The average molecular weight is 279 g/mol. The zero-order chi connectivity index (χ0) is 14.8. The van der Waals surface area contributed by atoms with Gasteiger partial charge < -0.3 is 10.4 Å². The first kappa shape index (κ1) is 14.6. The summed E-state index contributed by atoms with van der Waals surface area (Å²) in [5, 5.41) is 16.4. The molecule has 0 aliphatic heterocycles. The number of carboxylic acids is 1. The van der Waals surface area contributed by atoms with Gasteiger partial charge in [0.1, 0.15) is 5.54 Å². The summed E-state index contributed by atoms with van der Waals surface area (Å²) in [4.78, 5) is 24.0. The normalized spacial score (nSPS) is 17.7. The van der Waals surface area contributed by atoms with Gasteiger partial charge >= 0.3 is 5.97 Å². The van der Waals surface area contributed by atoms with Gasteiger partial charge in [0.15, 0.2) is 0 Å². The molecule has 1 aromatic heterocycles. The van der Waals surface area contributed by atoms with E-state index in [1.807, 2.05) is 6.92 Å². The molecule has 0 spiro atoms. The van der Waals surface area contributed by atoms with Crippen LogP contribution in [-0.4, -0.2) is 32.3 Å². The summed E-state index contributed by atoms with van der Waals surface area (Å²) in [7, 11) is 1.75. The fraction of sp³-hybridized carbons (Fsp3) is 0.643. The van der Waals surface area contributed by atoms with Crippen LogP contribution in [0.4, 0.5) is 0 Å². The van der Waals surface area contributed by atoms with Gasteiger partial charge in [0.25, 0.3) is 5.91 Å². The molecule has 1 saturated carbocycles. The minimum absolute atomic E-state index is 0.334. The van der Waals surface area contributed by atoms with E-state index in [2.05, 4.69) is 10.4 Å². The van der Waals surface area contributed by atoms with Gasteiger partial charge in [-0.2, -0.15) is 5.10 Å². The number of carbonyl (C=O) groups is 2. The lowest BCUT2D eigenvalue weighted by Crippen LogP contribution is -2.55. The Balaban J connectivity index is 2.22. The molecule has 1 aliphatic carbocycles. The van der Waals surface area contributed by atoms with E-state index in [9.17, 15) is 14.7 Å². The molecule has 0 aromatic carbocycles. The fourth-order valence-electron chi connectivity index (χ4n) is 2.82. The Morgan fingerprint density at radius 2 is 2.05 bits per heavy atom. The molecule has 2 N–H and O–H groups in total. The van der Waals surface area contributed by atoms with Crippen molar-refractivity contribution in [2.45, 2.75) is 51.0 Å². The molecule has 1 aliphatic rings. The van der Waals surface area contributed by atoms with Crippen molar-refractivity contribution < 1.29 is 14.7 Å². The molecule has 1 fully saturated rings. The largest absolute Gasteiger partial charge is 0.480 e. The molecule has 2 rings (SSSR count). The minimum Gasteiger partial charge on any atom is -0.480 e. The summed E-state index contributed by atoms with van der Waals surface area (Å²) in [6, 6.07) is 0. The Morgan fingerprint density at radius 1 is 1.40 bits per heavy atom. The molecule has 0 radical (unpaired) electrons. The van der Waals surface area contributed by atoms with E-state index in [1.54, 1.807) is 17.9 Å². The number of hydrogen-bond acceptors (Lipinski definition) is 3. The van der Waals surface area contributed by atoms with Crippen LogP contribution in [0.1, 0.15) is 55.1 Å². The predicted octanol–water partition coefficient (Wildman–Crippen LogP) is 1.50. The number of hydrogen-bond donors (Lipinski definition) is 2. The fourth-order valence-corrected chi connectivity index (χ4v) is 2.82. The number of aromatic nitrogens is 2. The monoisotopic (exact) mass is 279 g/mol. The zero-order valence-electron chi connectivity index (χ0n) is 12.0. The van der Waals surface area contributed by atoms with Crippen molar-refractivity contribution in [1.82, 2.24) is 15.1 Å². The number of aryl methyl sites for hydroxylation is 2. The number of nitrogens with one attached hydrogen (secondary N) is 1. The summed E-state index contributed by atoms with van der Waals surface area (Å²) in [5.41, 5.74) is 0.0541. The highest BCUT2D eigenvalue weighted by Crippen LogP contribution is 2.29. The Labute approximate surface area is 118 Å². The van der Waals surface area contributed by atoms with E-state index in [0.29, 0.717) is 30.5 Å². The first-order chi connectivity index (χ1) is 9.48. The van der Waals surface area contributed by atoms with Crippen molar-refractivity contribution in [3.05, 3.63) is 17.5 Å². The Morgan fingerprint density at radius 3 is 2.60 bits per heavy atom. The summed E-state index contributed by atoms with van der Waals surface area (Å²) in [6.45, 7) is 1.92. The lowest BCUT2D eigenvalue weighted by atomic mass is 9.81. The Kier molecular flexibility index (Phi) is 4.11. The van der Waals surface area contributed by atoms with Crippen LogP contribution >= 0.6 is 0 Å². The second-order valence-corrected chi connectivity index (χ2v) is 5.42. The van der Waals surface area contributed by atoms with Crippen molar-refractivity contribution in [3.8, 4) is 0 Å². The highest BCUT2D eigenvalue weighted by molar-refractivity contribution is 5.98. The first-order valence-electron chi connectivity index (χ1n) is 7.07. The lowest BCUT2D eigenvalue weighted by Gasteiger charge is -2.33. The molecule has 6 heteroatoms. The molecular formula is C14H21N3O3. The van der Waals surface area contributed by atoms with Gasteiger partial charge in [0.05, 0.1) is 11.3 Å². The average Bonchev–Trinajstić information content (AvgIpc) is 2.81. The molecule has 0 unspecified atom stereocenters. The SMILES string of the molecule is CCc1nn(C)cc1C(=O)NC1(C(=O)O)CCCCC1. The summed E-state index contributed by atoms with van der Waals surface area (Å²) < 4.78 is 1.59. The number of aliphatic carboxylic acids is 1. The van der Waals surface area contributed by atoms with E-state index in [-0.39, 0.29) is 5.91 Å². The summed E-state index contributed by atoms with van der Waals surface area (Å²) >= 11 is 0. The molecule has 6 nitrogen and oxygen atoms in total. The quantitative estimate of drug-likeness (QED) is 0.874. The van der Waals surface area contributed by atoms with Gasteiger partial charge in [-0.05, 0) is 19.3 Å². The standard InChI is InChI=1S/C14H21N3O3/c1-3-11-10(9-17(2)16-11)12(18)15-14(13(19)20)7-5-4-6-8-14/h9H,3-8H2,1-2H3,(H,15,18)(H,19,20). The Hall–Kier alpha value is -1.85. The second kappa shape index (κ2) is 5.64. The first-order valence-corrected chi connectivity index (χ1v) is 7.07. The summed E-state index contributed by atoms with van der Waals surface area (Å²) in [6.07, 6.45) is 5.97.